The number of ether oxygens (including phenoxy) is 2. The van der Waals surface area contributed by atoms with Gasteiger partial charge in [-0.3, -0.25) is 4.79 Å². The van der Waals surface area contributed by atoms with E-state index in [4.69, 9.17) is 21.1 Å². The van der Waals surface area contributed by atoms with Crippen molar-refractivity contribution >= 4 is 17.5 Å². The normalized spacial score (nSPS) is 15.7. The first-order valence-corrected chi connectivity index (χ1v) is 7.52. The summed E-state index contributed by atoms with van der Waals surface area (Å²) in [4.78, 5) is 12.1. The fourth-order valence-electron chi connectivity index (χ4n) is 2.30. The highest BCUT2D eigenvalue weighted by molar-refractivity contribution is 6.30. The van der Waals surface area contributed by atoms with E-state index in [1.807, 2.05) is 0 Å². The summed E-state index contributed by atoms with van der Waals surface area (Å²) in [5.41, 5.74) is 0.476. The quantitative estimate of drug-likeness (QED) is 0.787. The van der Waals surface area contributed by atoms with Gasteiger partial charge >= 0.3 is 0 Å². The molecule has 0 saturated carbocycles. The van der Waals surface area contributed by atoms with Crippen molar-refractivity contribution in [3.8, 4) is 5.75 Å². The fraction of sp³-hybridized carbons (Fsp3) is 0.533. The molecular weight excluding hydrogens is 292 g/mol. The molecule has 2 rings (SSSR count). The van der Waals surface area contributed by atoms with Crippen molar-refractivity contribution in [1.29, 1.82) is 0 Å². The molecule has 5 nitrogen and oxygen atoms in total. The Bertz CT molecular complexity index is 476. The van der Waals surface area contributed by atoms with Gasteiger partial charge in [-0.15, -0.1) is 0 Å². The Morgan fingerprint density at radius 3 is 2.90 bits per heavy atom. The number of hydrogen-bond donors (Lipinski definition) is 2. The van der Waals surface area contributed by atoms with Gasteiger partial charge in [0.1, 0.15) is 5.75 Å². The number of nitrogens with one attached hydrogen (secondary N) is 2. The Hall–Kier alpha value is -1.30. The third kappa shape index (κ3) is 4.88. The molecular formula is C15H21ClN2O3. The second-order valence-electron chi connectivity index (χ2n) is 4.92. The lowest BCUT2D eigenvalue weighted by atomic mass is 10.1. The van der Waals surface area contributed by atoms with Gasteiger partial charge in [0.15, 0.2) is 0 Å². The maximum atomic E-state index is 12.1. The van der Waals surface area contributed by atoms with Gasteiger partial charge < -0.3 is 20.1 Å². The summed E-state index contributed by atoms with van der Waals surface area (Å²) in [6.45, 7) is 3.00. The molecule has 1 aliphatic rings. The van der Waals surface area contributed by atoms with Gasteiger partial charge in [0.2, 0.25) is 0 Å². The molecule has 0 aromatic heterocycles. The van der Waals surface area contributed by atoms with Gasteiger partial charge in [-0.05, 0) is 44.1 Å². The zero-order valence-electron chi connectivity index (χ0n) is 12.2. The average molecular weight is 313 g/mol. The molecule has 0 unspecified atom stereocenters. The average Bonchev–Trinajstić information content (AvgIpc) is 2.52. The first kappa shape index (κ1) is 16.1. The second kappa shape index (κ2) is 8.22. The van der Waals surface area contributed by atoms with Crippen LogP contribution >= 0.6 is 11.6 Å². The number of benzene rings is 1. The highest BCUT2D eigenvalue weighted by atomic mass is 35.5. The number of piperidine rings is 1. The van der Waals surface area contributed by atoms with Crippen LogP contribution in [0, 0.1) is 0 Å². The van der Waals surface area contributed by atoms with E-state index in [2.05, 4.69) is 10.6 Å². The molecule has 116 valence electrons. The molecule has 1 aromatic rings. The van der Waals surface area contributed by atoms with Crippen molar-refractivity contribution in [2.75, 3.05) is 33.4 Å². The Kier molecular flexibility index (Phi) is 6.29. The predicted octanol–water partition coefficient (Wildman–Crippen LogP) is 1.85. The Labute approximate surface area is 130 Å². The van der Waals surface area contributed by atoms with Crippen molar-refractivity contribution in [1.82, 2.24) is 10.6 Å². The first-order valence-electron chi connectivity index (χ1n) is 7.15. The maximum absolute atomic E-state index is 12.1. The first-order chi connectivity index (χ1) is 10.2. The highest BCUT2D eigenvalue weighted by Gasteiger charge is 2.14. The van der Waals surface area contributed by atoms with Crippen LogP contribution in [-0.4, -0.2) is 45.4 Å². The minimum absolute atomic E-state index is 0.183. The highest BCUT2D eigenvalue weighted by Crippen LogP contribution is 2.22. The third-order valence-corrected chi connectivity index (χ3v) is 3.67. The number of amides is 1. The Balaban J connectivity index is 1.76. The van der Waals surface area contributed by atoms with E-state index in [-0.39, 0.29) is 5.91 Å². The summed E-state index contributed by atoms with van der Waals surface area (Å²) in [5, 5.41) is 6.66. The molecule has 1 aromatic carbocycles. The minimum Gasteiger partial charge on any atom is -0.496 e. The van der Waals surface area contributed by atoms with E-state index in [0.29, 0.717) is 35.6 Å². The maximum Gasteiger partial charge on any atom is 0.255 e. The summed E-state index contributed by atoms with van der Waals surface area (Å²) in [6.07, 6.45) is 2.35. The van der Waals surface area contributed by atoms with Crippen molar-refractivity contribution in [3.05, 3.63) is 28.8 Å². The van der Waals surface area contributed by atoms with Crippen LogP contribution in [0.15, 0.2) is 18.2 Å². The number of carbonyl (C=O) groups excluding carboxylic acids is 1. The summed E-state index contributed by atoms with van der Waals surface area (Å²) < 4.78 is 10.9. The van der Waals surface area contributed by atoms with E-state index in [1.54, 1.807) is 18.2 Å². The molecule has 6 heteroatoms. The van der Waals surface area contributed by atoms with E-state index >= 15 is 0 Å². The summed E-state index contributed by atoms with van der Waals surface area (Å²) in [7, 11) is 1.52. The smallest absolute Gasteiger partial charge is 0.255 e. The van der Waals surface area contributed by atoms with Crippen LogP contribution < -0.4 is 15.4 Å². The number of hydrogen-bond acceptors (Lipinski definition) is 4. The molecule has 2 N–H and O–H groups in total. The van der Waals surface area contributed by atoms with E-state index in [0.717, 1.165) is 25.9 Å². The molecule has 1 saturated heterocycles. The lowest BCUT2D eigenvalue weighted by Crippen LogP contribution is -2.34. The number of rotatable bonds is 6. The topological polar surface area (TPSA) is 59.6 Å². The number of halogens is 1. The van der Waals surface area contributed by atoms with Gasteiger partial charge in [0, 0.05) is 11.6 Å². The zero-order valence-corrected chi connectivity index (χ0v) is 12.9. The molecule has 0 radical (unpaired) electrons. The molecule has 0 aliphatic carbocycles. The van der Waals surface area contributed by atoms with Gasteiger partial charge in [-0.1, -0.05) is 11.6 Å². The molecule has 1 aliphatic heterocycles. The molecule has 0 atom stereocenters. The standard InChI is InChI=1S/C15H21ClN2O3/c1-20-14-10-11(16)2-3-13(14)15(19)18-8-9-21-12-4-6-17-7-5-12/h2-3,10,12,17H,4-9H2,1H3,(H,18,19). The van der Waals surface area contributed by atoms with Crippen LogP contribution in [0.5, 0.6) is 5.75 Å². The van der Waals surface area contributed by atoms with E-state index < -0.39 is 0 Å². The van der Waals surface area contributed by atoms with Gasteiger partial charge in [0.25, 0.3) is 5.91 Å². The third-order valence-electron chi connectivity index (χ3n) is 3.44. The van der Waals surface area contributed by atoms with Gasteiger partial charge in [-0.25, -0.2) is 0 Å². The van der Waals surface area contributed by atoms with Crippen LogP contribution in [0.2, 0.25) is 5.02 Å². The van der Waals surface area contributed by atoms with Crippen LogP contribution in [0.3, 0.4) is 0 Å². The zero-order chi connectivity index (χ0) is 15.1. The summed E-state index contributed by atoms with van der Waals surface area (Å²) >= 11 is 5.88. The predicted molar refractivity (Wildman–Crippen MR) is 82.2 cm³/mol. The van der Waals surface area contributed by atoms with Crippen molar-refractivity contribution in [3.63, 3.8) is 0 Å². The van der Waals surface area contributed by atoms with Crippen molar-refractivity contribution in [2.45, 2.75) is 18.9 Å². The fourth-order valence-corrected chi connectivity index (χ4v) is 2.46. The molecule has 1 heterocycles. The van der Waals surface area contributed by atoms with E-state index in [1.165, 1.54) is 7.11 Å². The van der Waals surface area contributed by atoms with Crippen LogP contribution in [-0.2, 0) is 4.74 Å². The SMILES string of the molecule is COc1cc(Cl)ccc1C(=O)NCCOC1CCNCC1. The second-order valence-corrected chi connectivity index (χ2v) is 5.36. The van der Waals surface area contributed by atoms with Crippen LogP contribution in [0.25, 0.3) is 0 Å². The molecule has 1 amide bonds. The minimum atomic E-state index is -0.183. The molecule has 1 fully saturated rings. The van der Waals surface area contributed by atoms with Crippen molar-refractivity contribution < 1.29 is 14.3 Å². The lowest BCUT2D eigenvalue weighted by Gasteiger charge is -2.23. The van der Waals surface area contributed by atoms with Crippen LogP contribution in [0.1, 0.15) is 23.2 Å². The van der Waals surface area contributed by atoms with Crippen molar-refractivity contribution in [2.24, 2.45) is 0 Å². The molecule has 0 spiro atoms. The molecule has 0 bridgehead atoms. The van der Waals surface area contributed by atoms with Gasteiger partial charge in [-0.2, -0.15) is 0 Å². The van der Waals surface area contributed by atoms with Gasteiger partial charge in [0.05, 0.1) is 25.4 Å². The lowest BCUT2D eigenvalue weighted by molar-refractivity contribution is 0.0343. The Morgan fingerprint density at radius 2 is 2.19 bits per heavy atom. The Morgan fingerprint density at radius 1 is 1.43 bits per heavy atom. The monoisotopic (exact) mass is 312 g/mol. The summed E-state index contributed by atoms with van der Waals surface area (Å²) in [5.74, 6) is 0.289. The number of methoxy groups -OCH3 is 1. The van der Waals surface area contributed by atoms with E-state index in [9.17, 15) is 4.79 Å². The molecule has 21 heavy (non-hydrogen) atoms. The van der Waals surface area contributed by atoms with Crippen LogP contribution in [0.4, 0.5) is 0 Å². The number of carbonyl (C=O) groups is 1. The summed E-state index contributed by atoms with van der Waals surface area (Å²) in [6, 6.07) is 4.96. The largest absolute Gasteiger partial charge is 0.496 e.